The number of rotatable bonds is 9. The average molecular weight is 502 g/mol. The molecule has 0 aromatic rings. The SMILES string of the molecule is CCNC(=NCCCN1C(=O)C2C3C=CC(C3)C2C1=O)NCCCC(C)C.I. The lowest BCUT2D eigenvalue weighted by molar-refractivity contribution is -0.140. The molecule has 2 N–H and O–H groups in total. The summed E-state index contributed by atoms with van der Waals surface area (Å²) in [5.74, 6) is 2.02. The van der Waals surface area contributed by atoms with E-state index in [2.05, 4.69) is 41.6 Å². The number of nitrogens with zero attached hydrogens (tertiary/aromatic N) is 2. The van der Waals surface area contributed by atoms with Crippen molar-refractivity contribution in [1.82, 2.24) is 15.5 Å². The fourth-order valence-corrected chi connectivity index (χ4v) is 4.66. The lowest BCUT2D eigenvalue weighted by atomic mass is 9.85. The number of allylic oxidation sites excluding steroid dienone is 2. The number of hydrogen-bond acceptors (Lipinski definition) is 3. The summed E-state index contributed by atoms with van der Waals surface area (Å²) in [6.45, 7) is 9.33. The van der Waals surface area contributed by atoms with Crippen molar-refractivity contribution in [2.24, 2.45) is 34.6 Å². The number of amides is 2. The van der Waals surface area contributed by atoms with Gasteiger partial charge in [-0.3, -0.25) is 19.5 Å². The van der Waals surface area contributed by atoms with E-state index >= 15 is 0 Å². The second kappa shape index (κ2) is 10.6. The van der Waals surface area contributed by atoms with Gasteiger partial charge in [0.15, 0.2) is 5.96 Å². The Morgan fingerprint density at radius 2 is 1.79 bits per heavy atom. The second-order valence-corrected chi connectivity index (χ2v) is 8.41. The van der Waals surface area contributed by atoms with Gasteiger partial charge in [0, 0.05) is 26.2 Å². The van der Waals surface area contributed by atoms with Gasteiger partial charge >= 0.3 is 0 Å². The van der Waals surface area contributed by atoms with E-state index in [1.165, 1.54) is 11.3 Å². The standard InChI is InChI=1S/C21H34N4O2.HI/c1-4-22-21(23-10-5-7-14(2)3)24-11-6-12-25-19(26)17-15-8-9-16(13-15)18(17)20(25)27;/h8-9,14-18H,4-7,10-13H2,1-3H3,(H2,22,23,24);1H. The van der Waals surface area contributed by atoms with Gasteiger partial charge in [-0.25, -0.2) is 0 Å². The zero-order valence-corrected chi connectivity index (χ0v) is 19.6. The molecular weight excluding hydrogens is 467 g/mol. The average Bonchev–Trinajstić information content (AvgIpc) is 3.30. The van der Waals surface area contributed by atoms with Crippen LogP contribution in [0.3, 0.4) is 0 Å². The minimum atomic E-state index is -0.0871. The molecule has 4 unspecified atom stereocenters. The topological polar surface area (TPSA) is 73.8 Å². The molecule has 0 aromatic heterocycles. The van der Waals surface area contributed by atoms with Crippen LogP contribution in [0.5, 0.6) is 0 Å². The smallest absolute Gasteiger partial charge is 0.233 e. The Bertz CT molecular complexity index is 590. The Morgan fingerprint density at radius 1 is 1.14 bits per heavy atom. The predicted octanol–water partition coefficient (Wildman–Crippen LogP) is 2.79. The first kappa shape index (κ1) is 23.2. The molecule has 0 aromatic carbocycles. The second-order valence-electron chi connectivity index (χ2n) is 8.41. The molecule has 7 heteroatoms. The third-order valence-corrected chi connectivity index (χ3v) is 5.97. The maximum absolute atomic E-state index is 12.7. The summed E-state index contributed by atoms with van der Waals surface area (Å²) in [4.78, 5) is 31.4. The highest BCUT2D eigenvalue weighted by atomic mass is 127. The number of hydrogen-bond donors (Lipinski definition) is 2. The van der Waals surface area contributed by atoms with E-state index in [1.54, 1.807) is 0 Å². The molecule has 1 saturated heterocycles. The molecule has 2 bridgehead atoms. The zero-order valence-electron chi connectivity index (χ0n) is 17.3. The molecule has 2 aliphatic carbocycles. The van der Waals surface area contributed by atoms with Gasteiger partial charge in [-0.2, -0.15) is 0 Å². The molecule has 28 heavy (non-hydrogen) atoms. The maximum Gasteiger partial charge on any atom is 0.233 e. The van der Waals surface area contributed by atoms with Crippen molar-refractivity contribution in [1.29, 1.82) is 0 Å². The van der Waals surface area contributed by atoms with E-state index in [-0.39, 0.29) is 59.5 Å². The highest BCUT2D eigenvalue weighted by molar-refractivity contribution is 14.0. The van der Waals surface area contributed by atoms with E-state index in [4.69, 9.17) is 0 Å². The van der Waals surface area contributed by atoms with Crippen molar-refractivity contribution in [2.45, 2.75) is 46.5 Å². The van der Waals surface area contributed by atoms with Crippen molar-refractivity contribution >= 4 is 41.8 Å². The van der Waals surface area contributed by atoms with Crippen LogP contribution in [-0.4, -0.2) is 48.9 Å². The number of likely N-dealkylation sites (tertiary alicyclic amines) is 1. The number of halogens is 1. The quantitative estimate of drug-likeness (QED) is 0.127. The lowest BCUT2D eigenvalue weighted by Crippen LogP contribution is -2.38. The maximum atomic E-state index is 12.7. The molecule has 1 saturated carbocycles. The summed E-state index contributed by atoms with van der Waals surface area (Å²) in [5, 5.41) is 6.61. The van der Waals surface area contributed by atoms with Gasteiger partial charge < -0.3 is 10.6 Å². The van der Waals surface area contributed by atoms with Gasteiger partial charge in [0.05, 0.1) is 11.8 Å². The molecule has 2 amide bonds. The first-order valence-electron chi connectivity index (χ1n) is 10.6. The number of imide groups is 1. The van der Waals surface area contributed by atoms with Crippen LogP contribution in [0.2, 0.25) is 0 Å². The van der Waals surface area contributed by atoms with Crippen LogP contribution in [0.1, 0.15) is 46.5 Å². The van der Waals surface area contributed by atoms with Crippen LogP contribution < -0.4 is 10.6 Å². The third kappa shape index (κ3) is 5.07. The summed E-state index contributed by atoms with van der Waals surface area (Å²) in [7, 11) is 0. The van der Waals surface area contributed by atoms with E-state index < -0.39 is 0 Å². The van der Waals surface area contributed by atoms with Crippen LogP contribution in [0.25, 0.3) is 0 Å². The Hall–Kier alpha value is -1.12. The van der Waals surface area contributed by atoms with Gasteiger partial charge in [0.25, 0.3) is 0 Å². The first-order valence-corrected chi connectivity index (χ1v) is 10.6. The van der Waals surface area contributed by atoms with Gasteiger partial charge in [0.1, 0.15) is 0 Å². The highest BCUT2D eigenvalue weighted by Crippen LogP contribution is 2.52. The third-order valence-electron chi connectivity index (χ3n) is 5.97. The number of nitrogens with one attached hydrogen (secondary N) is 2. The Kier molecular flexibility index (Phi) is 8.77. The Morgan fingerprint density at radius 3 is 2.36 bits per heavy atom. The van der Waals surface area contributed by atoms with E-state index in [9.17, 15) is 9.59 Å². The van der Waals surface area contributed by atoms with E-state index in [0.29, 0.717) is 25.4 Å². The Balaban J connectivity index is 0.00000280. The number of fused-ring (bicyclic) bond motifs is 5. The summed E-state index contributed by atoms with van der Waals surface area (Å²) < 4.78 is 0. The molecular formula is C21H35IN4O2. The molecule has 0 spiro atoms. The fraction of sp³-hybridized carbons (Fsp3) is 0.762. The van der Waals surface area contributed by atoms with Gasteiger partial charge in [0.2, 0.25) is 11.8 Å². The molecule has 6 nitrogen and oxygen atoms in total. The van der Waals surface area contributed by atoms with Crippen LogP contribution in [0.4, 0.5) is 0 Å². The zero-order chi connectivity index (χ0) is 19.4. The van der Waals surface area contributed by atoms with Crippen LogP contribution in [0.15, 0.2) is 17.1 Å². The van der Waals surface area contributed by atoms with Crippen molar-refractivity contribution in [3.8, 4) is 0 Å². The fourth-order valence-electron chi connectivity index (χ4n) is 4.66. The molecule has 3 aliphatic rings. The normalized spacial score (nSPS) is 28.1. The number of carbonyl (C=O) groups is 2. The summed E-state index contributed by atoms with van der Waals surface area (Å²) in [6.07, 6.45) is 8.29. The lowest BCUT2D eigenvalue weighted by Gasteiger charge is -2.17. The van der Waals surface area contributed by atoms with E-state index in [0.717, 1.165) is 31.9 Å². The monoisotopic (exact) mass is 502 g/mol. The molecule has 0 radical (unpaired) electrons. The first-order chi connectivity index (χ1) is 13.0. The molecule has 1 aliphatic heterocycles. The molecule has 2 fully saturated rings. The number of aliphatic imine (C=N–C) groups is 1. The van der Waals surface area contributed by atoms with E-state index in [1.807, 2.05) is 6.92 Å². The van der Waals surface area contributed by atoms with Crippen molar-refractivity contribution in [3.63, 3.8) is 0 Å². The van der Waals surface area contributed by atoms with Gasteiger partial charge in [-0.1, -0.05) is 26.0 Å². The summed E-state index contributed by atoms with van der Waals surface area (Å²) >= 11 is 0. The minimum Gasteiger partial charge on any atom is -0.357 e. The molecule has 4 atom stereocenters. The molecule has 158 valence electrons. The van der Waals surface area contributed by atoms with Crippen LogP contribution in [0, 0.1) is 29.6 Å². The van der Waals surface area contributed by atoms with Crippen LogP contribution >= 0.6 is 24.0 Å². The van der Waals surface area contributed by atoms with Crippen molar-refractivity contribution in [2.75, 3.05) is 26.2 Å². The Labute approximate surface area is 186 Å². The van der Waals surface area contributed by atoms with Crippen molar-refractivity contribution < 1.29 is 9.59 Å². The van der Waals surface area contributed by atoms with Crippen LogP contribution in [-0.2, 0) is 9.59 Å². The summed E-state index contributed by atoms with van der Waals surface area (Å²) in [6, 6.07) is 0. The molecule has 3 rings (SSSR count). The predicted molar refractivity (Wildman–Crippen MR) is 123 cm³/mol. The minimum absolute atomic E-state index is 0. The molecule has 1 heterocycles. The van der Waals surface area contributed by atoms with Gasteiger partial charge in [-0.15, -0.1) is 24.0 Å². The van der Waals surface area contributed by atoms with Crippen molar-refractivity contribution in [3.05, 3.63) is 12.2 Å². The van der Waals surface area contributed by atoms with Gasteiger partial charge in [-0.05, 0) is 50.4 Å². The number of carbonyl (C=O) groups excluding carboxylic acids is 2. The number of guanidine groups is 1. The summed E-state index contributed by atoms with van der Waals surface area (Å²) in [5.41, 5.74) is 0. The highest BCUT2D eigenvalue weighted by Gasteiger charge is 2.58. The largest absolute Gasteiger partial charge is 0.357 e.